The lowest BCUT2D eigenvalue weighted by molar-refractivity contribution is -0.122. The van der Waals surface area contributed by atoms with Crippen molar-refractivity contribution < 1.29 is 9.63 Å². The Labute approximate surface area is 132 Å². The van der Waals surface area contributed by atoms with Gasteiger partial charge < -0.3 is 10.6 Å². The maximum absolute atomic E-state index is 10.7. The minimum absolute atomic E-state index is 0.287. The van der Waals surface area contributed by atoms with Crippen molar-refractivity contribution in [2.45, 2.75) is 0 Å². The number of nitrogens with two attached hydrogens (primary N) is 1. The highest BCUT2D eigenvalue weighted by molar-refractivity contribution is 6.31. The second-order valence-electron chi connectivity index (χ2n) is 4.19. The molecular weight excluding hydrogens is 311 g/mol. The molecule has 0 aliphatic heterocycles. The normalized spacial score (nSPS) is 10.0. The number of halogens is 2. The van der Waals surface area contributed by atoms with Gasteiger partial charge >= 0.3 is 0 Å². The molecule has 0 saturated carbocycles. The van der Waals surface area contributed by atoms with Crippen LogP contribution in [0.2, 0.25) is 10.0 Å². The minimum Gasteiger partial charge on any atom is -0.385 e. The third-order valence-corrected chi connectivity index (χ3v) is 3.10. The molecule has 4 nitrogen and oxygen atoms in total. The van der Waals surface area contributed by atoms with Crippen molar-refractivity contribution in [2.75, 3.05) is 6.61 Å². The van der Waals surface area contributed by atoms with E-state index in [2.05, 4.69) is 5.16 Å². The highest BCUT2D eigenvalue weighted by atomic mass is 35.5. The van der Waals surface area contributed by atoms with Crippen LogP contribution in [0.1, 0.15) is 11.1 Å². The van der Waals surface area contributed by atoms with Crippen LogP contribution in [0.25, 0.3) is 0 Å². The Morgan fingerprint density at radius 2 is 1.38 bits per heavy atom. The van der Waals surface area contributed by atoms with Gasteiger partial charge in [-0.15, -0.1) is 0 Å². The van der Waals surface area contributed by atoms with E-state index in [-0.39, 0.29) is 6.61 Å². The number of hydrogen-bond acceptors (Lipinski definition) is 3. The van der Waals surface area contributed by atoms with Crippen molar-refractivity contribution in [1.82, 2.24) is 0 Å². The standard InChI is InChI=1S/C15H12Cl2N2O2/c16-12-5-1-10(2-6-12)15(19-21-9-14(18)20)11-3-7-13(17)8-4-11/h1-8H,9H2,(H2,18,20). The number of primary amides is 1. The Balaban J connectivity index is 2.36. The SMILES string of the molecule is NC(=O)CON=C(c1ccc(Cl)cc1)c1ccc(Cl)cc1. The van der Waals surface area contributed by atoms with Crippen LogP contribution in [-0.4, -0.2) is 18.2 Å². The van der Waals surface area contributed by atoms with Crippen molar-refractivity contribution in [3.63, 3.8) is 0 Å². The van der Waals surface area contributed by atoms with Crippen LogP contribution in [-0.2, 0) is 9.63 Å². The van der Waals surface area contributed by atoms with E-state index in [9.17, 15) is 4.79 Å². The van der Waals surface area contributed by atoms with Gasteiger partial charge in [-0.25, -0.2) is 0 Å². The largest absolute Gasteiger partial charge is 0.385 e. The van der Waals surface area contributed by atoms with E-state index >= 15 is 0 Å². The van der Waals surface area contributed by atoms with E-state index in [4.69, 9.17) is 33.8 Å². The number of oxime groups is 1. The molecule has 0 unspecified atom stereocenters. The number of hydrogen-bond donors (Lipinski definition) is 1. The first kappa shape index (κ1) is 15.4. The number of nitrogens with zero attached hydrogens (tertiary/aromatic N) is 1. The fraction of sp³-hybridized carbons (Fsp3) is 0.0667. The van der Waals surface area contributed by atoms with Crippen LogP contribution in [0.3, 0.4) is 0 Å². The number of benzene rings is 2. The molecule has 0 radical (unpaired) electrons. The van der Waals surface area contributed by atoms with Gasteiger partial charge in [0.05, 0.1) is 0 Å². The van der Waals surface area contributed by atoms with E-state index in [1.807, 2.05) is 24.3 Å². The van der Waals surface area contributed by atoms with Crippen LogP contribution in [0.15, 0.2) is 53.7 Å². The predicted octanol–water partition coefficient (Wildman–Crippen LogP) is 3.25. The lowest BCUT2D eigenvalue weighted by Gasteiger charge is -2.07. The molecule has 0 atom stereocenters. The van der Waals surface area contributed by atoms with Gasteiger partial charge in [0, 0.05) is 21.2 Å². The van der Waals surface area contributed by atoms with Crippen LogP contribution >= 0.6 is 23.2 Å². The smallest absolute Gasteiger partial charge is 0.258 e. The Morgan fingerprint density at radius 1 is 0.952 bits per heavy atom. The maximum atomic E-state index is 10.7. The van der Waals surface area contributed by atoms with Crippen LogP contribution in [0.5, 0.6) is 0 Å². The van der Waals surface area contributed by atoms with Gasteiger partial charge in [-0.3, -0.25) is 4.79 Å². The van der Waals surface area contributed by atoms with E-state index < -0.39 is 5.91 Å². The molecule has 0 heterocycles. The van der Waals surface area contributed by atoms with Gasteiger partial charge in [-0.05, 0) is 24.3 Å². The van der Waals surface area contributed by atoms with Gasteiger partial charge in [0.2, 0.25) is 0 Å². The summed E-state index contributed by atoms with van der Waals surface area (Å²) in [6.45, 7) is -0.287. The summed E-state index contributed by atoms with van der Waals surface area (Å²) >= 11 is 11.8. The van der Waals surface area contributed by atoms with E-state index in [0.717, 1.165) is 11.1 Å². The molecule has 2 aromatic carbocycles. The molecule has 0 saturated heterocycles. The number of amides is 1. The van der Waals surface area contributed by atoms with Gasteiger partial charge in [0.25, 0.3) is 5.91 Å². The molecule has 0 aliphatic rings. The third kappa shape index (κ3) is 4.48. The van der Waals surface area contributed by atoms with E-state index in [1.54, 1.807) is 24.3 Å². The number of rotatable bonds is 5. The summed E-state index contributed by atoms with van der Waals surface area (Å²) in [6, 6.07) is 14.2. The number of carbonyl (C=O) groups is 1. The monoisotopic (exact) mass is 322 g/mol. The molecule has 0 spiro atoms. The Bertz CT molecular complexity index is 605. The molecule has 108 valence electrons. The average Bonchev–Trinajstić information content (AvgIpc) is 2.46. The van der Waals surface area contributed by atoms with Gasteiger partial charge in [-0.2, -0.15) is 0 Å². The maximum Gasteiger partial charge on any atom is 0.258 e. The van der Waals surface area contributed by atoms with Crippen molar-refractivity contribution in [1.29, 1.82) is 0 Å². The summed E-state index contributed by atoms with van der Waals surface area (Å²) in [5.41, 5.74) is 7.18. The minimum atomic E-state index is -0.592. The summed E-state index contributed by atoms with van der Waals surface area (Å²) in [6.07, 6.45) is 0. The molecule has 6 heteroatoms. The van der Waals surface area contributed by atoms with E-state index in [1.165, 1.54) is 0 Å². The highest BCUT2D eigenvalue weighted by Crippen LogP contribution is 2.17. The van der Waals surface area contributed by atoms with Crippen LogP contribution < -0.4 is 5.73 Å². The highest BCUT2D eigenvalue weighted by Gasteiger charge is 2.08. The third-order valence-electron chi connectivity index (χ3n) is 2.60. The summed E-state index contributed by atoms with van der Waals surface area (Å²) in [7, 11) is 0. The Kier molecular flexibility index (Phi) is 5.20. The molecule has 0 aliphatic carbocycles. The zero-order valence-corrected chi connectivity index (χ0v) is 12.4. The topological polar surface area (TPSA) is 64.7 Å². The fourth-order valence-corrected chi connectivity index (χ4v) is 1.90. The molecule has 0 aromatic heterocycles. The molecule has 0 fully saturated rings. The lowest BCUT2D eigenvalue weighted by Crippen LogP contribution is -2.17. The molecule has 2 rings (SSSR count). The zero-order valence-electron chi connectivity index (χ0n) is 10.9. The Morgan fingerprint density at radius 3 is 1.76 bits per heavy atom. The molecule has 2 N–H and O–H groups in total. The fourth-order valence-electron chi connectivity index (χ4n) is 1.65. The van der Waals surface area contributed by atoms with Gasteiger partial charge in [-0.1, -0.05) is 52.6 Å². The molecule has 0 bridgehead atoms. The second kappa shape index (κ2) is 7.11. The first-order valence-corrected chi connectivity index (χ1v) is 6.82. The second-order valence-corrected chi connectivity index (χ2v) is 5.07. The molecule has 2 aromatic rings. The number of carbonyl (C=O) groups excluding carboxylic acids is 1. The van der Waals surface area contributed by atoms with Crippen LogP contribution in [0.4, 0.5) is 0 Å². The quantitative estimate of drug-likeness (QED) is 0.678. The van der Waals surface area contributed by atoms with Crippen molar-refractivity contribution in [2.24, 2.45) is 10.9 Å². The average molecular weight is 323 g/mol. The van der Waals surface area contributed by atoms with Gasteiger partial charge in [0.1, 0.15) is 5.71 Å². The van der Waals surface area contributed by atoms with E-state index in [0.29, 0.717) is 15.8 Å². The lowest BCUT2D eigenvalue weighted by atomic mass is 10.0. The van der Waals surface area contributed by atoms with Crippen molar-refractivity contribution in [3.8, 4) is 0 Å². The summed E-state index contributed by atoms with van der Waals surface area (Å²) < 4.78 is 0. The molecule has 1 amide bonds. The predicted molar refractivity (Wildman–Crippen MR) is 83.7 cm³/mol. The molecule has 21 heavy (non-hydrogen) atoms. The Hall–Kier alpha value is -2.04. The van der Waals surface area contributed by atoms with Crippen molar-refractivity contribution >= 4 is 34.8 Å². The van der Waals surface area contributed by atoms with Crippen LogP contribution in [0, 0.1) is 0 Å². The molecular formula is C15H12Cl2N2O2. The summed E-state index contributed by atoms with van der Waals surface area (Å²) in [5, 5.41) is 5.23. The zero-order chi connectivity index (χ0) is 15.2. The van der Waals surface area contributed by atoms with Gasteiger partial charge in [0.15, 0.2) is 6.61 Å². The summed E-state index contributed by atoms with van der Waals surface area (Å²) in [5.74, 6) is -0.592. The van der Waals surface area contributed by atoms with Crippen molar-refractivity contribution in [3.05, 3.63) is 69.7 Å². The first-order valence-electron chi connectivity index (χ1n) is 6.06. The summed E-state index contributed by atoms with van der Waals surface area (Å²) in [4.78, 5) is 15.7. The first-order chi connectivity index (χ1) is 10.1.